The highest BCUT2D eigenvalue weighted by Crippen LogP contribution is 2.34. The Labute approximate surface area is 208 Å². The summed E-state index contributed by atoms with van der Waals surface area (Å²) in [6, 6.07) is 7.75. The minimum absolute atomic E-state index is 0.0341. The van der Waals surface area contributed by atoms with Gasteiger partial charge in [0, 0.05) is 12.6 Å². The van der Waals surface area contributed by atoms with Crippen LogP contribution in [0.5, 0.6) is 0 Å². The van der Waals surface area contributed by atoms with E-state index in [2.05, 4.69) is 17.1 Å². The number of aromatic nitrogens is 1. The van der Waals surface area contributed by atoms with Gasteiger partial charge in [0.2, 0.25) is 5.91 Å². The lowest BCUT2D eigenvalue weighted by atomic mass is 9.86. The maximum Gasteiger partial charge on any atom is 0.271 e. The average Bonchev–Trinajstić information content (AvgIpc) is 3.53. The predicted molar refractivity (Wildman–Crippen MR) is 136 cm³/mol. The van der Waals surface area contributed by atoms with Crippen LogP contribution < -0.4 is 5.32 Å². The number of amides is 2. The Kier molecular flexibility index (Phi) is 7.05. The van der Waals surface area contributed by atoms with Gasteiger partial charge in [-0.2, -0.15) is 0 Å². The number of fused-ring (bicyclic) bond motifs is 1. The summed E-state index contributed by atoms with van der Waals surface area (Å²) in [5.74, 6) is 1.34. The largest absolute Gasteiger partial charge is 0.463 e. The van der Waals surface area contributed by atoms with Gasteiger partial charge >= 0.3 is 0 Å². The molecule has 0 bridgehead atoms. The number of hydrogen-bond donors (Lipinski definition) is 1. The fourth-order valence-electron chi connectivity index (χ4n) is 6.14. The molecule has 0 aromatic carbocycles. The van der Waals surface area contributed by atoms with Gasteiger partial charge in [-0.3, -0.25) is 9.59 Å². The van der Waals surface area contributed by atoms with Gasteiger partial charge in [0.05, 0.1) is 18.5 Å². The van der Waals surface area contributed by atoms with Crippen LogP contribution in [0.2, 0.25) is 0 Å². The summed E-state index contributed by atoms with van der Waals surface area (Å²) in [6.45, 7) is 8.50. The second-order valence-electron chi connectivity index (χ2n) is 11.1. The number of carbonyl (C=O) groups excluding carboxylic acids is 2. The molecule has 190 valence electrons. The van der Waals surface area contributed by atoms with Crippen molar-refractivity contribution in [1.82, 2.24) is 19.7 Å². The molecule has 0 spiro atoms. The number of rotatable bonds is 7. The van der Waals surface area contributed by atoms with Crippen LogP contribution in [0.1, 0.15) is 75.7 Å². The molecule has 3 aliphatic rings. The molecule has 2 aliphatic heterocycles. The number of nitrogens with one attached hydrogen (secondary N) is 1. The van der Waals surface area contributed by atoms with Gasteiger partial charge in [0.15, 0.2) is 0 Å². The van der Waals surface area contributed by atoms with Crippen molar-refractivity contribution in [3.05, 3.63) is 36.2 Å². The smallest absolute Gasteiger partial charge is 0.271 e. The molecular weight excluding hydrogens is 440 g/mol. The van der Waals surface area contributed by atoms with E-state index in [9.17, 15) is 9.59 Å². The molecule has 7 heteroatoms. The van der Waals surface area contributed by atoms with Crippen molar-refractivity contribution >= 4 is 11.8 Å². The molecule has 1 saturated carbocycles. The van der Waals surface area contributed by atoms with Crippen LogP contribution >= 0.6 is 0 Å². The molecular formula is C28H40N4O3. The van der Waals surface area contributed by atoms with Gasteiger partial charge in [0.1, 0.15) is 17.0 Å². The van der Waals surface area contributed by atoms with E-state index in [1.165, 1.54) is 19.3 Å². The molecule has 1 unspecified atom stereocenters. The number of carbonyl (C=O) groups is 2. The molecule has 2 fully saturated rings. The third kappa shape index (κ3) is 4.92. The van der Waals surface area contributed by atoms with Crippen LogP contribution in [-0.2, 0) is 11.3 Å². The first kappa shape index (κ1) is 24.2. The van der Waals surface area contributed by atoms with Crippen LogP contribution in [0, 0.1) is 5.92 Å². The van der Waals surface area contributed by atoms with Gasteiger partial charge in [-0.25, -0.2) is 0 Å². The maximum atomic E-state index is 13.9. The van der Waals surface area contributed by atoms with Gasteiger partial charge in [-0.1, -0.05) is 13.3 Å². The minimum Gasteiger partial charge on any atom is -0.463 e. The summed E-state index contributed by atoms with van der Waals surface area (Å²) in [7, 11) is 0. The standard InChI is InChI=1S/C28H40N4O3/c1-21-9-11-22(12-10-21)29-27(34)28(2)20-31-23(25-8-6-19-35-25)13-14-24(31)26(33)32(28)18-7-17-30-15-4-3-5-16-30/h6,8,13-14,19,21-22H,3-5,7,9-12,15-18,20H2,1-2H3,(H,29,34). The van der Waals surface area contributed by atoms with E-state index in [1.807, 2.05) is 40.7 Å². The molecule has 4 heterocycles. The van der Waals surface area contributed by atoms with Crippen molar-refractivity contribution in [3.63, 3.8) is 0 Å². The predicted octanol–water partition coefficient (Wildman–Crippen LogP) is 4.53. The quantitative estimate of drug-likeness (QED) is 0.632. The highest BCUT2D eigenvalue weighted by molar-refractivity contribution is 6.00. The van der Waals surface area contributed by atoms with E-state index < -0.39 is 5.54 Å². The molecule has 35 heavy (non-hydrogen) atoms. The summed E-state index contributed by atoms with van der Waals surface area (Å²) in [4.78, 5) is 32.0. The van der Waals surface area contributed by atoms with Crippen LogP contribution in [0.4, 0.5) is 0 Å². The monoisotopic (exact) mass is 480 g/mol. The Morgan fingerprint density at radius 1 is 1.06 bits per heavy atom. The summed E-state index contributed by atoms with van der Waals surface area (Å²) < 4.78 is 7.62. The lowest BCUT2D eigenvalue weighted by Crippen LogP contribution is -2.65. The summed E-state index contributed by atoms with van der Waals surface area (Å²) in [5.41, 5.74) is 0.526. The van der Waals surface area contributed by atoms with Crippen LogP contribution in [0.15, 0.2) is 34.9 Å². The Balaban J connectivity index is 1.38. The molecule has 2 amide bonds. The molecule has 0 radical (unpaired) electrons. The first-order valence-electron chi connectivity index (χ1n) is 13.5. The van der Waals surface area contributed by atoms with Gasteiger partial charge in [-0.05, 0) is 102 Å². The highest BCUT2D eigenvalue weighted by Gasteiger charge is 2.48. The lowest BCUT2D eigenvalue weighted by molar-refractivity contribution is -0.134. The van der Waals surface area contributed by atoms with E-state index in [1.54, 1.807) is 6.26 Å². The molecule has 5 rings (SSSR count). The summed E-state index contributed by atoms with van der Waals surface area (Å²) in [6.07, 6.45) is 10.7. The molecule has 7 nitrogen and oxygen atoms in total. The zero-order valence-electron chi connectivity index (χ0n) is 21.3. The Morgan fingerprint density at radius 2 is 1.80 bits per heavy atom. The fourth-order valence-corrected chi connectivity index (χ4v) is 6.14. The molecule has 1 N–H and O–H groups in total. The Hall–Kier alpha value is -2.54. The van der Waals surface area contributed by atoms with E-state index in [-0.39, 0.29) is 17.9 Å². The number of furan rings is 1. The van der Waals surface area contributed by atoms with Crippen molar-refractivity contribution in [1.29, 1.82) is 0 Å². The lowest BCUT2D eigenvalue weighted by Gasteiger charge is -2.45. The van der Waals surface area contributed by atoms with Crippen molar-refractivity contribution in [2.75, 3.05) is 26.2 Å². The van der Waals surface area contributed by atoms with Crippen molar-refractivity contribution in [2.45, 2.75) is 83.3 Å². The Morgan fingerprint density at radius 3 is 2.51 bits per heavy atom. The summed E-state index contributed by atoms with van der Waals surface area (Å²) in [5, 5.41) is 3.34. The van der Waals surface area contributed by atoms with Gasteiger partial charge < -0.3 is 24.1 Å². The molecule has 2 aromatic heterocycles. The number of piperidine rings is 1. The normalized spacial score (nSPS) is 27.6. The molecule has 1 atom stereocenters. The fraction of sp³-hybridized carbons (Fsp3) is 0.643. The van der Waals surface area contributed by atoms with Crippen LogP contribution in [0.3, 0.4) is 0 Å². The number of nitrogens with zero attached hydrogens (tertiary/aromatic N) is 3. The zero-order chi connectivity index (χ0) is 24.4. The van der Waals surface area contributed by atoms with E-state index >= 15 is 0 Å². The van der Waals surface area contributed by atoms with E-state index in [4.69, 9.17) is 4.42 Å². The molecule has 1 aliphatic carbocycles. The van der Waals surface area contributed by atoms with Crippen molar-refractivity contribution in [2.24, 2.45) is 5.92 Å². The third-order valence-electron chi connectivity index (χ3n) is 8.43. The van der Waals surface area contributed by atoms with Crippen LogP contribution in [0.25, 0.3) is 11.5 Å². The highest BCUT2D eigenvalue weighted by atomic mass is 16.3. The average molecular weight is 481 g/mol. The molecule has 1 saturated heterocycles. The van der Waals surface area contributed by atoms with Crippen molar-refractivity contribution < 1.29 is 14.0 Å². The van der Waals surface area contributed by atoms with Crippen LogP contribution in [-0.4, -0.2) is 63.9 Å². The first-order chi connectivity index (χ1) is 17.0. The van der Waals surface area contributed by atoms with Gasteiger partial charge in [0.25, 0.3) is 5.91 Å². The van der Waals surface area contributed by atoms with Gasteiger partial charge in [-0.15, -0.1) is 0 Å². The summed E-state index contributed by atoms with van der Waals surface area (Å²) >= 11 is 0. The minimum atomic E-state index is -0.949. The second kappa shape index (κ2) is 10.2. The van der Waals surface area contributed by atoms with E-state index in [0.29, 0.717) is 24.5 Å². The van der Waals surface area contributed by atoms with Crippen molar-refractivity contribution in [3.8, 4) is 11.5 Å². The zero-order valence-corrected chi connectivity index (χ0v) is 21.3. The topological polar surface area (TPSA) is 70.7 Å². The third-order valence-corrected chi connectivity index (χ3v) is 8.43. The molecule has 2 aromatic rings. The SMILES string of the molecule is CC1CCC(NC(=O)C2(C)Cn3c(ccc3-c3ccco3)C(=O)N2CCCN2CCCCC2)CC1. The number of likely N-dealkylation sites (tertiary alicyclic amines) is 1. The Bertz CT molecular complexity index is 1020. The maximum absolute atomic E-state index is 13.9. The second-order valence-corrected chi connectivity index (χ2v) is 11.1. The number of hydrogen-bond acceptors (Lipinski definition) is 4. The first-order valence-corrected chi connectivity index (χ1v) is 13.5. The van der Waals surface area contributed by atoms with E-state index in [0.717, 1.165) is 63.4 Å².